The maximum atomic E-state index is 5.78. The van der Waals surface area contributed by atoms with Crippen LogP contribution in [0.1, 0.15) is 24.8 Å². The quantitative estimate of drug-likeness (QED) is 0.914. The highest BCUT2D eigenvalue weighted by molar-refractivity contribution is 8.00. The number of hydrogen-bond donors (Lipinski definition) is 1. The van der Waals surface area contributed by atoms with Gasteiger partial charge in [-0.3, -0.25) is 0 Å². The first-order chi connectivity index (χ1) is 9.31. The number of hydrogen-bond acceptors (Lipinski definition) is 3. The van der Waals surface area contributed by atoms with Crippen molar-refractivity contribution in [3.05, 3.63) is 29.8 Å². The average Bonchev–Trinajstić information content (AvgIpc) is 2.81. The summed E-state index contributed by atoms with van der Waals surface area (Å²) >= 11 is 2.07. The fourth-order valence-electron chi connectivity index (χ4n) is 3.51. The third kappa shape index (κ3) is 2.99. The third-order valence-corrected chi connectivity index (χ3v) is 5.65. The molecule has 2 aliphatic rings. The maximum Gasteiger partial charge on any atom is 0.0535 e. The van der Waals surface area contributed by atoms with Gasteiger partial charge in [-0.15, -0.1) is 11.8 Å². The molecule has 1 aromatic rings. The standard InChI is InChI=1S/C16H23NOS/c1-17-11-16(7-4-8-18-12-16)10-14-9-13-5-2-3-6-15(13)19-14/h2-3,5-6,14,17H,4,7-12H2,1H3. The van der Waals surface area contributed by atoms with Crippen molar-refractivity contribution in [2.75, 3.05) is 26.8 Å². The predicted molar refractivity (Wildman–Crippen MR) is 80.8 cm³/mol. The zero-order chi connectivity index (χ0) is 13.1. The molecule has 0 bridgehead atoms. The largest absolute Gasteiger partial charge is 0.381 e. The zero-order valence-corrected chi connectivity index (χ0v) is 12.5. The first-order valence-electron chi connectivity index (χ1n) is 7.28. The van der Waals surface area contributed by atoms with Crippen molar-refractivity contribution in [3.63, 3.8) is 0 Å². The minimum Gasteiger partial charge on any atom is -0.381 e. The molecule has 0 saturated carbocycles. The van der Waals surface area contributed by atoms with E-state index >= 15 is 0 Å². The second-order valence-corrected chi connectivity index (χ2v) is 7.28. The Kier molecular flexibility index (Phi) is 4.15. The summed E-state index contributed by atoms with van der Waals surface area (Å²) in [6.45, 7) is 2.96. The molecule has 1 fully saturated rings. The van der Waals surface area contributed by atoms with E-state index in [1.807, 2.05) is 0 Å². The van der Waals surface area contributed by atoms with Crippen LogP contribution in [-0.4, -0.2) is 32.1 Å². The van der Waals surface area contributed by atoms with E-state index in [1.165, 1.54) is 36.1 Å². The van der Waals surface area contributed by atoms with E-state index in [2.05, 4.69) is 48.4 Å². The summed E-state index contributed by atoms with van der Waals surface area (Å²) < 4.78 is 5.78. The lowest BCUT2D eigenvalue weighted by Gasteiger charge is -2.38. The Balaban J connectivity index is 1.67. The van der Waals surface area contributed by atoms with Crippen molar-refractivity contribution in [2.45, 2.75) is 35.8 Å². The molecule has 0 amide bonds. The molecule has 3 rings (SSSR count). The molecule has 0 spiro atoms. The SMILES string of the molecule is CNCC1(CC2Cc3ccccc3S2)CCCOC1. The number of fused-ring (bicyclic) bond motifs is 1. The van der Waals surface area contributed by atoms with Crippen LogP contribution in [-0.2, 0) is 11.2 Å². The minimum absolute atomic E-state index is 0.354. The molecule has 2 unspecified atom stereocenters. The molecular formula is C16H23NOS. The molecule has 0 radical (unpaired) electrons. The van der Waals surface area contributed by atoms with Crippen LogP contribution in [0, 0.1) is 5.41 Å². The number of thioether (sulfide) groups is 1. The van der Waals surface area contributed by atoms with Gasteiger partial charge < -0.3 is 10.1 Å². The van der Waals surface area contributed by atoms with E-state index in [4.69, 9.17) is 4.74 Å². The second kappa shape index (κ2) is 5.86. The van der Waals surface area contributed by atoms with Crippen molar-refractivity contribution >= 4 is 11.8 Å². The van der Waals surface area contributed by atoms with Crippen molar-refractivity contribution in [1.82, 2.24) is 5.32 Å². The van der Waals surface area contributed by atoms with Gasteiger partial charge in [0.05, 0.1) is 6.61 Å². The molecular weight excluding hydrogens is 254 g/mol. The normalized spacial score (nSPS) is 30.3. The van der Waals surface area contributed by atoms with Crippen molar-refractivity contribution in [2.24, 2.45) is 5.41 Å². The zero-order valence-electron chi connectivity index (χ0n) is 11.7. The number of nitrogens with one attached hydrogen (secondary N) is 1. The lowest BCUT2D eigenvalue weighted by molar-refractivity contribution is -0.0111. The van der Waals surface area contributed by atoms with E-state index in [-0.39, 0.29) is 0 Å². The second-order valence-electron chi connectivity index (χ2n) is 5.94. The molecule has 1 N–H and O–H groups in total. The summed E-state index contributed by atoms with van der Waals surface area (Å²) in [6, 6.07) is 8.86. The Hall–Kier alpha value is -0.510. The Morgan fingerprint density at radius 3 is 3.05 bits per heavy atom. The Morgan fingerprint density at radius 1 is 1.42 bits per heavy atom. The highest BCUT2D eigenvalue weighted by atomic mass is 32.2. The van der Waals surface area contributed by atoms with E-state index in [0.29, 0.717) is 5.41 Å². The summed E-state index contributed by atoms with van der Waals surface area (Å²) in [5.74, 6) is 0. The number of rotatable bonds is 4. The van der Waals surface area contributed by atoms with Crippen LogP contribution in [0.15, 0.2) is 29.2 Å². The summed E-state index contributed by atoms with van der Waals surface area (Å²) in [5.41, 5.74) is 1.89. The third-order valence-electron chi connectivity index (χ3n) is 4.33. The first kappa shape index (κ1) is 13.5. The number of benzene rings is 1. The van der Waals surface area contributed by atoms with Gasteiger partial charge in [0.25, 0.3) is 0 Å². The van der Waals surface area contributed by atoms with Gasteiger partial charge in [0.15, 0.2) is 0 Å². The van der Waals surface area contributed by atoms with Gasteiger partial charge in [0.2, 0.25) is 0 Å². The maximum absolute atomic E-state index is 5.78. The molecule has 2 nitrogen and oxygen atoms in total. The molecule has 3 heteroatoms. The van der Waals surface area contributed by atoms with Crippen LogP contribution in [0.4, 0.5) is 0 Å². The summed E-state index contributed by atoms with van der Waals surface area (Å²) in [7, 11) is 2.06. The Labute approximate surface area is 120 Å². The van der Waals surface area contributed by atoms with E-state index in [9.17, 15) is 0 Å². The lowest BCUT2D eigenvalue weighted by atomic mass is 9.77. The molecule has 0 aliphatic carbocycles. The topological polar surface area (TPSA) is 21.3 Å². The Morgan fingerprint density at radius 2 is 2.32 bits per heavy atom. The van der Waals surface area contributed by atoms with Gasteiger partial charge in [-0.2, -0.15) is 0 Å². The van der Waals surface area contributed by atoms with Gasteiger partial charge in [0, 0.05) is 28.7 Å². The summed E-state index contributed by atoms with van der Waals surface area (Å²) in [6.07, 6.45) is 5.02. The Bertz CT molecular complexity index is 398. The highest BCUT2D eigenvalue weighted by Gasteiger charge is 2.36. The van der Waals surface area contributed by atoms with Crippen LogP contribution in [0.2, 0.25) is 0 Å². The first-order valence-corrected chi connectivity index (χ1v) is 8.16. The highest BCUT2D eigenvalue weighted by Crippen LogP contribution is 2.44. The lowest BCUT2D eigenvalue weighted by Crippen LogP contribution is -2.42. The average molecular weight is 277 g/mol. The fraction of sp³-hybridized carbons (Fsp3) is 0.625. The summed E-state index contributed by atoms with van der Waals surface area (Å²) in [4.78, 5) is 1.49. The molecule has 104 valence electrons. The van der Waals surface area contributed by atoms with E-state index < -0.39 is 0 Å². The smallest absolute Gasteiger partial charge is 0.0535 e. The van der Waals surface area contributed by atoms with Crippen LogP contribution in [0.3, 0.4) is 0 Å². The van der Waals surface area contributed by atoms with Crippen molar-refractivity contribution < 1.29 is 4.74 Å². The molecule has 2 aliphatic heterocycles. The van der Waals surface area contributed by atoms with Crippen LogP contribution >= 0.6 is 11.8 Å². The van der Waals surface area contributed by atoms with E-state index in [1.54, 1.807) is 0 Å². The molecule has 1 aromatic carbocycles. The summed E-state index contributed by atoms with van der Waals surface area (Å²) in [5, 5.41) is 4.11. The minimum atomic E-state index is 0.354. The van der Waals surface area contributed by atoms with Crippen molar-refractivity contribution in [3.8, 4) is 0 Å². The monoisotopic (exact) mass is 277 g/mol. The molecule has 1 saturated heterocycles. The fourth-order valence-corrected chi connectivity index (χ4v) is 5.03. The number of ether oxygens (including phenoxy) is 1. The van der Waals surface area contributed by atoms with Crippen LogP contribution in [0.25, 0.3) is 0 Å². The molecule has 19 heavy (non-hydrogen) atoms. The van der Waals surface area contributed by atoms with Crippen LogP contribution in [0.5, 0.6) is 0 Å². The van der Waals surface area contributed by atoms with Gasteiger partial charge in [-0.25, -0.2) is 0 Å². The van der Waals surface area contributed by atoms with Crippen LogP contribution < -0.4 is 5.32 Å². The molecule has 2 heterocycles. The van der Waals surface area contributed by atoms with Gasteiger partial charge in [-0.1, -0.05) is 18.2 Å². The van der Waals surface area contributed by atoms with Crippen molar-refractivity contribution in [1.29, 1.82) is 0 Å². The van der Waals surface area contributed by atoms with Gasteiger partial charge in [0.1, 0.15) is 0 Å². The molecule has 0 aromatic heterocycles. The van der Waals surface area contributed by atoms with E-state index in [0.717, 1.165) is 25.0 Å². The van der Waals surface area contributed by atoms with Gasteiger partial charge in [-0.05, 0) is 44.4 Å². The molecule has 2 atom stereocenters. The predicted octanol–water partition coefficient (Wildman–Crippen LogP) is 3.11. The van der Waals surface area contributed by atoms with Gasteiger partial charge >= 0.3 is 0 Å².